The molecule has 0 N–H and O–H groups in total. The van der Waals surface area contributed by atoms with E-state index in [9.17, 15) is 4.79 Å². The van der Waals surface area contributed by atoms with Gasteiger partial charge < -0.3 is 9.47 Å². The molecule has 0 bridgehead atoms. The van der Waals surface area contributed by atoms with Crippen LogP contribution in [0.5, 0.6) is 11.5 Å². The van der Waals surface area contributed by atoms with Crippen LogP contribution < -0.4 is 9.47 Å². The Kier molecular flexibility index (Phi) is 2.77. The molecule has 1 aliphatic heterocycles. The number of benzene rings is 1. The van der Waals surface area contributed by atoms with Crippen molar-refractivity contribution in [2.24, 2.45) is 0 Å². The van der Waals surface area contributed by atoms with Crippen molar-refractivity contribution in [3.05, 3.63) is 23.8 Å². The molecule has 1 aliphatic carbocycles. The monoisotopic (exact) mass is 246 g/mol. The summed E-state index contributed by atoms with van der Waals surface area (Å²) < 4.78 is 11.1. The van der Waals surface area contributed by atoms with E-state index < -0.39 is 0 Å². The molecule has 1 saturated carbocycles. The molecule has 3 nitrogen and oxygen atoms in total. The predicted molar refractivity (Wildman–Crippen MR) is 68.3 cm³/mol. The zero-order valence-electron chi connectivity index (χ0n) is 10.7. The third-order valence-corrected chi connectivity index (χ3v) is 4.28. The Labute approximate surface area is 107 Å². The van der Waals surface area contributed by atoms with Gasteiger partial charge in [0.25, 0.3) is 0 Å². The van der Waals surface area contributed by atoms with Crippen molar-refractivity contribution in [3.8, 4) is 11.5 Å². The number of fused-ring (bicyclic) bond motifs is 2. The van der Waals surface area contributed by atoms with Crippen LogP contribution in [-0.2, 0) is 10.2 Å². The molecule has 0 unspecified atom stereocenters. The number of hydrogen-bond acceptors (Lipinski definition) is 3. The van der Waals surface area contributed by atoms with E-state index in [4.69, 9.17) is 9.47 Å². The van der Waals surface area contributed by atoms with Crippen molar-refractivity contribution in [3.63, 3.8) is 0 Å². The lowest BCUT2D eigenvalue weighted by molar-refractivity contribution is -0.127. The molecule has 0 amide bonds. The van der Waals surface area contributed by atoms with E-state index >= 15 is 0 Å². The summed E-state index contributed by atoms with van der Waals surface area (Å²) in [6.07, 6.45) is 4.63. The van der Waals surface area contributed by atoms with Crippen LogP contribution in [-0.4, -0.2) is 19.5 Å². The molecule has 1 aromatic rings. The number of para-hydroxylation sites is 1. The fraction of sp³-hybridized carbons (Fsp3) is 0.533. The van der Waals surface area contributed by atoms with Crippen LogP contribution in [0, 0.1) is 0 Å². The Morgan fingerprint density at radius 1 is 1.28 bits per heavy atom. The molecule has 0 radical (unpaired) electrons. The van der Waals surface area contributed by atoms with E-state index in [1.54, 1.807) is 7.11 Å². The van der Waals surface area contributed by atoms with Gasteiger partial charge in [0.2, 0.25) is 0 Å². The maximum absolute atomic E-state index is 12.4. The molecule has 1 aromatic carbocycles. The normalized spacial score (nSPS) is 26.6. The third kappa shape index (κ3) is 1.53. The summed E-state index contributed by atoms with van der Waals surface area (Å²) in [5, 5.41) is 0. The fourth-order valence-corrected chi connectivity index (χ4v) is 3.30. The lowest BCUT2D eigenvalue weighted by Crippen LogP contribution is -2.42. The van der Waals surface area contributed by atoms with Crippen LogP contribution in [0.25, 0.3) is 0 Å². The first-order valence-corrected chi connectivity index (χ1v) is 6.61. The van der Waals surface area contributed by atoms with Crippen LogP contribution in [0.2, 0.25) is 0 Å². The van der Waals surface area contributed by atoms with Gasteiger partial charge in [0.1, 0.15) is 5.78 Å². The van der Waals surface area contributed by atoms with Gasteiger partial charge in [-0.15, -0.1) is 0 Å². The van der Waals surface area contributed by atoms with Crippen molar-refractivity contribution in [1.29, 1.82) is 0 Å². The summed E-state index contributed by atoms with van der Waals surface area (Å²) in [6, 6.07) is 5.88. The minimum absolute atomic E-state index is 0.305. The van der Waals surface area contributed by atoms with Gasteiger partial charge in [-0.3, -0.25) is 4.79 Å². The summed E-state index contributed by atoms with van der Waals surface area (Å²) in [4.78, 5) is 12.4. The average Bonchev–Trinajstić information content (AvgIpc) is 2.42. The summed E-state index contributed by atoms with van der Waals surface area (Å²) >= 11 is 0. The van der Waals surface area contributed by atoms with Crippen molar-refractivity contribution < 1.29 is 14.3 Å². The molecule has 1 heterocycles. The smallest absolute Gasteiger partial charge is 0.165 e. The Morgan fingerprint density at radius 3 is 2.94 bits per heavy atom. The Bertz CT molecular complexity index is 481. The van der Waals surface area contributed by atoms with Crippen molar-refractivity contribution in [2.45, 2.75) is 37.5 Å². The SMILES string of the molecule is COc1cccc2c1OCC[C@@]21CCCCC1=O. The lowest BCUT2D eigenvalue weighted by atomic mass is 9.65. The van der Waals surface area contributed by atoms with Gasteiger partial charge in [0.15, 0.2) is 11.5 Å². The highest BCUT2D eigenvalue weighted by Crippen LogP contribution is 2.49. The number of Topliss-reactive ketones (excluding diaryl/α,β-unsaturated/α-hetero) is 1. The standard InChI is InChI=1S/C15H18O3/c1-17-12-6-4-5-11-14(12)18-10-9-15(11)8-3-2-7-13(15)16/h4-6H,2-3,7-10H2,1H3/t15-/m0/s1. The zero-order valence-corrected chi connectivity index (χ0v) is 10.7. The van der Waals surface area contributed by atoms with Gasteiger partial charge in [-0.25, -0.2) is 0 Å². The number of ketones is 1. The lowest BCUT2D eigenvalue weighted by Gasteiger charge is -2.40. The van der Waals surface area contributed by atoms with Crippen molar-refractivity contribution in [2.75, 3.05) is 13.7 Å². The highest BCUT2D eigenvalue weighted by atomic mass is 16.5. The Morgan fingerprint density at radius 2 is 2.17 bits per heavy atom. The van der Waals surface area contributed by atoms with Gasteiger partial charge in [0, 0.05) is 12.0 Å². The number of carbonyl (C=O) groups is 1. The second kappa shape index (κ2) is 4.30. The molecule has 0 aromatic heterocycles. The van der Waals surface area contributed by atoms with E-state index in [0.717, 1.165) is 42.7 Å². The van der Waals surface area contributed by atoms with Gasteiger partial charge in [0.05, 0.1) is 19.1 Å². The maximum atomic E-state index is 12.4. The molecular weight excluding hydrogens is 228 g/mol. The van der Waals surface area contributed by atoms with E-state index in [1.807, 2.05) is 18.2 Å². The van der Waals surface area contributed by atoms with Crippen molar-refractivity contribution >= 4 is 5.78 Å². The summed E-state index contributed by atoms with van der Waals surface area (Å²) in [5.41, 5.74) is 0.734. The van der Waals surface area contributed by atoms with Gasteiger partial charge in [-0.1, -0.05) is 18.6 Å². The summed E-state index contributed by atoms with van der Waals surface area (Å²) in [5.74, 6) is 1.90. The predicted octanol–water partition coefficient (Wildman–Crippen LogP) is 2.86. The second-order valence-electron chi connectivity index (χ2n) is 5.15. The summed E-state index contributed by atoms with van der Waals surface area (Å²) in [6.45, 7) is 0.610. The van der Waals surface area contributed by atoms with E-state index in [2.05, 4.69) is 0 Å². The highest BCUT2D eigenvalue weighted by molar-refractivity contribution is 5.92. The highest BCUT2D eigenvalue weighted by Gasteiger charge is 2.45. The number of ether oxygens (including phenoxy) is 2. The molecule has 1 spiro atoms. The Hall–Kier alpha value is -1.51. The molecule has 1 atom stereocenters. The van der Waals surface area contributed by atoms with Crippen LogP contribution >= 0.6 is 0 Å². The number of carbonyl (C=O) groups excluding carboxylic acids is 1. The van der Waals surface area contributed by atoms with Crippen LogP contribution in [0.4, 0.5) is 0 Å². The zero-order chi connectivity index (χ0) is 12.6. The average molecular weight is 246 g/mol. The number of hydrogen-bond donors (Lipinski definition) is 0. The second-order valence-corrected chi connectivity index (χ2v) is 5.15. The first-order chi connectivity index (χ1) is 8.78. The van der Waals surface area contributed by atoms with E-state index in [1.165, 1.54) is 0 Å². The largest absolute Gasteiger partial charge is 0.493 e. The van der Waals surface area contributed by atoms with Gasteiger partial charge >= 0.3 is 0 Å². The van der Waals surface area contributed by atoms with Gasteiger partial charge in [-0.05, 0) is 25.3 Å². The van der Waals surface area contributed by atoms with Crippen molar-refractivity contribution in [1.82, 2.24) is 0 Å². The molecule has 2 aliphatic rings. The molecule has 0 saturated heterocycles. The van der Waals surface area contributed by atoms with Crippen LogP contribution in [0.15, 0.2) is 18.2 Å². The molecule has 3 rings (SSSR count). The molecule has 18 heavy (non-hydrogen) atoms. The van der Waals surface area contributed by atoms with Crippen LogP contribution in [0.3, 0.4) is 0 Å². The van der Waals surface area contributed by atoms with Gasteiger partial charge in [-0.2, -0.15) is 0 Å². The third-order valence-electron chi connectivity index (χ3n) is 4.28. The number of rotatable bonds is 1. The maximum Gasteiger partial charge on any atom is 0.165 e. The minimum Gasteiger partial charge on any atom is -0.493 e. The van der Waals surface area contributed by atoms with Crippen LogP contribution in [0.1, 0.15) is 37.7 Å². The molecule has 3 heteroatoms. The number of methoxy groups -OCH3 is 1. The fourth-order valence-electron chi connectivity index (χ4n) is 3.30. The molecular formula is C15H18O3. The first-order valence-electron chi connectivity index (χ1n) is 6.61. The topological polar surface area (TPSA) is 35.5 Å². The quantitative estimate of drug-likeness (QED) is 0.764. The molecule has 96 valence electrons. The summed E-state index contributed by atoms with van der Waals surface area (Å²) in [7, 11) is 1.64. The Balaban J connectivity index is 2.14. The van der Waals surface area contributed by atoms with E-state index in [-0.39, 0.29) is 5.41 Å². The minimum atomic E-state index is -0.305. The van der Waals surface area contributed by atoms with E-state index in [0.29, 0.717) is 18.8 Å². The molecule has 1 fully saturated rings. The first kappa shape index (κ1) is 11.6.